The SMILES string of the molecule is O=C1Cc2cc(C(=O)Nc3nnc(CN4C(=O)c5ccccc5C4=O)s3)ccc2N1. The van der Waals surface area contributed by atoms with Crippen molar-refractivity contribution in [1.82, 2.24) is 15.1 Å². The Morgan fingerprint density at radius 2 is 1.80 bits per heavy atom. The minimum absolute atomic E-state index is 0.0213. The topological polar surface area (TPSA) is 121 Å². The lowest BCUT2D eigenvalue weighted by atomic mass is 10.1. The minimum Gasteiger partial charge on any atom is -0.326 e. The Labute approximate surface area is 173 Å². The van der Waals surface area contributed by atoms with Gasteiger partial charge in [0.05, 0.1) is 24.1 Å². The van der Waals surface area contributed by atoms with Crippen molar-refractivity contribution < 1.29 is 19.2 Å². The molecule has 4 amide bonds. The van der Waals surface area contributed by atoms with Crippen LogP contribution in [-0.4, -0.2) is 38.7 Å². The molecular weight excluding hydrogens is 406 g/mol. The smallest absolute Gasteiger partial charge is 0.261 e. The van der Waals surface area contributed by atoms with E-state index < -0.39 is 0 Å². The molecule has 0 saturated heterocycles. The van der Waals surface area contributed by atoms with E-state index in [1.54, 1.807) is 42.5 Å². The van der Waals surface area contributed by atoms with Crippen LogP contribution in [0.2, 0.25) is 0 Å². The van der Waals surface area contributed by atoms with Crippen molar-refractivity contribution in [2.24, 2.45) is 0 Å². The van der Waals surface area contributed by atoms with Crippen LogP contribution in [0.3, 0.4) is 0 Å². The number of imide groups is 1. The van der Waals surface area contributed by atoms with Crippen LogP contribution < -0.4 is 10.6 Å². The van der Waals surface area contributed by atoms with Crippen molar-refractivity contribution in [1.29, 1.82) is 0 Å². The van der Waals surface area contributed by atoms with Gasteiger partial charge < -0.3 is 5.32 Å². The fraction of sp³-hybridized carbons (Fsp3) is 0.100. The van der Waals surface area contributed by atoms with Gasteiger partial charge in [-0.1, -0.05) is 23.5 Å². The molecule has 0 aliphatic carbocycles. The molecule has 0 spiro atoms. The number of hydrogen-bond acceptors (Lipinski definition) is 7. The Morgan fingerprint density at radius 1 is 1.07 bits per heavy atom. The van der Waals surface area contributed by atoms with Crippen LogP contribution >= 0.6 is 11.3 Å². The van der Waals surface area contributed by atoms with Crippen molar-refractivity contribution in [3.8, 4) is 0 Å². The third-order valence-electron chi connectivity index (χ3n) is 4.85. The number of amides is 4. The maximum Gasteiger partial charge on any atom is 0.261 e. The number of hydrogen-bond donors (Lipinski definition) is 2. The van der Waals surface area contributed by atoms with E-state index in [-0.39, 0.29) is 41.7 Å². The number of nitrogens with one attached hydrogen (secondary N) is 2. The monoisotopic (exact) mass is 419 g/mol. The largest absolute Gasteiger partial charge is 0.326 e. The van der Waals surface area contributed by atoms with Crippen molar-refractivity contribution in [3.63, 3.8) is 0 Å². The summed E-state index contributed by atoms with van der Waals surface area (Å²) in [5.74, 6) is -1.25. The highest BCUT2D eigenvalue weighted by molar-refractivity contribution is 7.15. The van der Waals surface area contributed by atoms with Crippen LogP contribution in [0.1, 0.15) is 41.6 Å². The van der Waals surface area contributed by atoms with Crippen molar-refractivity contribution in [2.45, 2.75) is 13.0 Å². The summed E-state index contributed by atoms with van der Waals surface area (Å²) < 4.78 is 0. The molecule has 5 rings (SSSR count). The Kier molecular flexibility index (Phi) is 4.14. The maximum absolute atomic E-state index is 12.5. The van der Waals surface area contributed by atoms with Gasteiger partial charge in [0.2, 0.25) is 11.0 Å². The Balaban J connectivity index is 1.28. The molecule has 0 unspecified atom stereocenters. The highest BCUT2D eigenvalue weighted by Crippen LogP contribution is 2.27. The lowest BCUT2D eigenvalue weighted by Crippen LogP contribution is -2.29. The zero-order valence-electron chi connectivity index (χ0n) is 15.3. The Bertz CT molecular complexity index is 1220. The number of rotatable bonds is 4. The van der Waals surface area contributed by atoms with Crippen LogP contribution in [0, 0.1) is 0 Å². The number of carbonyl (C=O) groups is 4. The zero-order valence-corrected chi connectivity index (χ0v) is 16.2. The van der Waals surface area contributed by atoms with Crippen molar-refractivity contribution in [3.05, 3.63) is 69.7 Å². The molecule has 10 heteroatoms. The minimum atomic E-state index is -0.388. The van der Waals surface area contributed by atoms with E-state index in [1.165, 1.54) is 0 Å². The molecule has 2 N–H and O–H groups in total. The lowest BCUT2D eigenvalue weighted by molar-refractivity contribution is -0.115. The van der Waals surface area contributed by atoms with E-state index in [1.807, 2.05) is 0 Å². The number of anilines is 2. The first kappa shape index (κ1) is 18.1. The highest BCUT2D eigenvalue weighted by atomic mass is 32.1. The van der Waals surface area contributed by atoms with Crippen LogP contribution in [0.15, 0.2) is 42.5 Å². The number of carbonyl (C=O) groups excluding carboxylic acids is 4. The molecule has 3 heterocycles. The molecule has 0 atom stereocenters. The summed E-state index contributed by atoms with van der Waals surface area (Å²) in [5, 5.41) is 14.0. The second-order valence-electron chi connectivity index (χ2n) is 6.79. The summed E-state index contributed by atoms with van der Waals surface area (Å²) in [6.07, 6.45) is 0.236. The van der Waals surface area contributed by atoms with Crippen LogP contribution in [0.5, 0.6) is 0 Å². The number of nitrogens with zero attached hydrogens (tertiary/aromatic N) is 3. The van der Waals surface area contributed by atoms with Gasteiger partial charge in [-0.2, -0.15) is 0 Å². The van der Waals surface area contributed by atoms with Gasteiger partial charge in [-0.3, -0.25) is 29.4 Å². The number of aromatic nitrogens is 2. The van der Waals surface area contributed by atoms with Crippen molar-refractivity contribution >= 4 is 45.8 Å². The van der Waals surface area contributed by atoms with Crippen LogP contribution in [0.4, 0.5) is 10.8 Å². The normalized spacial score (nSPS) is 14.5. The second-order valence-corrected chi connectivity index (χ2v) is 7.86. The van der Waals surface area contributed by atoms with Gasteiger partial charge in [0, 0.05) is 11.3 Å². The van der Waals surface area contributed by atoms with E-state index >= 15 is 0 Å². The van der Waals surface area contributed by atoms with E-state index in [0.29, 0.717) is 27.4 Å². The molecule has 0 saturated carbocycles. The Hall–Kier alpha value is -3.92. The van der Waals surface area contributed by atoms with Gasteiger partial charge in [-0.15, -0.1) is 10.2 Å². The molecule has 0 bridgehead atoms. The third kappa shape index (κ3) is 3.03. The predicted octanol–water partition coefficient (Wildman–Crippen LogP) is 2.08. The summed E-state index contributed by atoms with van der Waals surface area (Å²) >= 11 is 1.08. The van der Waals surface area contributed by atoms with E-state index in [4.69, 9.17) is 0 Å². The first-order chi connectivity index (χ1) is 14.5. The summed E-state index contributed by atoms with van der Waals surface area (Å²) in [5.41, 5.74) is 2.59. The maximum atomic E-state index is 12.5. The van der Waals surface area contributed by atoms with Gasteiger partial charge in [0.25, 0.3) is 17.7 Å². The molecule has 2 aliphatic heterocycles. The molecular formula is C20H13N5O4S. The molecule has 0 fully saturated rings. The average molecular weight is 419 g/mol. The third-order valence-corrected chi connectivity index (χ3v) is 5.67. The average Bonchev–Trinajstić information content (AvgIpc) is 3.40. The quantitative estimate of drug-likeness (QED) is 0.625. The van der Waals surface area contributed by atoms with Gasteiger partial charge in [-0.05, 0) is 35.9 Å². The van der Waals surface area contributed by atoms with Crippen LogP contribution in [0.25, 0.3) is 0 Å². The molecule has 0 radical (unpaired) electrons. The second kappa shape index (κ2) is 6.85. The zero-order chi connectivity index (χ0) is 20.8. The summed E-state index contributed by atoms with van der Waals surface area (Å²) in [7, 11) is 0. The molecule has 2 aliphatic rings. The standard InChI is InChI=1S/C20H13N5O4S/c26-15-8-11-7-10(5-6-14(11)21-15)17(27)22-20-24-23-16(30-20)9-25-18(28)12-3-1-2-4-13(12)19(25)29/h1-7H,8-9H2,(H,21,26)(H,22,24,27). The fourth-order valence-corrected chi connectivity index (χ4v) is 4.15. The molecule has 148 valence electrons. The van der Waals surface area contributed by atoms with E-state index in [9.17, 15) is 19.2 Å². The van der Waals surface area contributed by atoms with Crippen molar-refractivity contribution in [2.75, 3.05) is 10.6 Å². The number of benzene rings is 2. The molecule has 2 aromatic carbocycles. The predicted molar refractivity (Wildman–Crippen MR) is 107 cm³/mol. The lowest BCUT2D eigenvalue weighted by Gasteiger charge is -2.10. The van der Waals surface area contributed by atoms with Gasteiger partial charge in [0.1, 0.15) is 5.01 Å². The summed E-state index contributed by atoms with van der Waals surface area (Å²) in [6, 6.07) is 11.6. The fourth-order valence-electron chi connectivity index (χ4n) is 3.43. The van der Waals surface area contributed by atoms with Gasteiger partial charge in [-0.25, -0.2) is 0 Å². The van der Waals surface area contributed by atoms with E-state index in [2.05, 4.69) is 20.8 Å². The summed E-state index contributed by atoms with van der Waals surface area (Å²) in [4.78, 5) is 50.0. The molecule has 1 aromatic heterocycles. The van der Waals surface area contributed by atoms with Crippen LogP contribution in [-0.2, 0) is 17.8 Å². The van der Waals surface area contributed by atoms with Gasteiger partial charge in [0.15, 0.2) is 0 Å². The first-order valence-electron chi connectivity index (χ1n) is 9.01. The first-order valence-corrected chi connectivity index (χ1v) is 9.83. The number of fused-ring (bicyclic) bond motifs is 2. The summed E-state index contributed by atoms with van der Waals surface area (Å²) in [6.45, 7) is -0.0213. The highest BCUT2D eigenvalue weighted by Gasteiger charge is 2.35. The van der Waals surface area contributed by atoms with Gasteiger partial charge >= 0.3 is 0 Å². The Morgan fingerprint density at radius 3 is 2.53 bits per heavy atom. The molecule has 9 nitrogen and oxygen atoms in total. The molecule has 3 aromatic rings. The van der Waals surface area contributed by atoms with E-state index in [0.717, 1.165) is 21.8 Å². The molecule has 30 heavy (non-hydrogen) atoms.